The number of nitrogens with zero attached hydrogens (tertiary/aromatic N) is 2. The first-order chi connectivity index (χ1) is 8.99. The molecule has 0 radical (unpaired) electrons. The van der Waals surface area contributed by atoms with Crippen molar-refractivity contribution in [3.63, 3.8) is 0 Å². The number of methoxy groups -OCH3 is 1. The third-order valence-electron chi connectivity index (χ3n) is 2.35. The SMILES string of the molecule is COCc1cc([N+](=O)[O-])ccc1NC(CO)[N+](=O)[O-]. The van der Waals surface area contributed by atoms with Crippen molar-refractivity contribution in [1.82, 2.24) is 0 Å². The molecule has 9 nitrogen and oxygen atoms in total. The number of benzene rings is 1. The quantitative estimate of drug-likeness (QED) is 0.425. The standard InChI is InChI=1S/C10H13N3O6/c1-19-6-7-4-8(12(15)16)2-3-9(7)11-10(5-14)13(17)18/h2-4,10-11,14H,5-6H2,1H3. The normalized spacial score (nSPS) is 11.9. The first-order valence-electron chi connectivity index (χ1n) is 5.26. The van der Waals surface area contributed by atoms with Gasteiger partial charge < -0.3 is 15.2 Å². The van der Waals surface area contributed by atoms with Crippen LogP contribution in [0.4, 0.5) is 11.4 Å². The summed E-state index contributed by atoms with van der Waals surface area (Å²) >= 11 is 0. The molecule has 9 heteroatoms. The van der Waals surface area contributed by atoms with Crippen molar-refractivity contribution in [3.8, 4) is 0 Å². The molecule has 0 aliphatic carbocycles. The number of aliphatic hydroxyl groups is 1. The summed E-state index contributed by atoms with van der Waals surface area (Å²) in [4.78, 5) is 20.0. The van der Waals surface area contributed by atoms with Crippen molar-refractivity contribution >= 4 is 11.4 Å². The Labute approximate surface area is 108 Å². The smallest absolute Gasteiger partial charge is 0.307 e. The lowest BCUT2D eigenvalue weighted by Crippen LogP contribution is -2.32. The Morgan fingerprint density at radius 1 is 1.42 bits per heavy atom. The maximum atomic E-state index is 10.7. The van der Waals surface area contributed by atoms with Crippen LogP contribution in [-0.2, 0) is 11.3 Å². The highest BCUT2D eigenvalue weighted by Gasteiger charge is 2.20. The van der Waals surface area contributed by atoms with E-state index in [2.05, 4.69) is 5.32 Å². The van der Waals surface area contributed by atoms with E-state index in [0.29, 0.717) is 11.3 Å². The van der Waals surface area contributed by atoms with Crippen LogP contribution in [0.15, 0.2) is 18.2 Å². The van der Waals surface area contributed by atoms with E-state index in [1.165, 1.54) is 25.3 Å². The van der Waals surface area contributed by atoms with Crippen LogP contribution in [0.2, 0.25) is 0 Å². The first-order valence-corrected chi connectivity index (χ1v) is 5.26. The molecular weight excluding hydrogens is 258 g/mol. The summed E-state index contributed by atoms with van der Waals surface area (Å²) in [6, 6.07) is 3.83. The minimum absolute atomic E-state index is 0.0554. The molecule has 104 valence electrons. The van der Waals surface area contributed by atoms with Crippen molar-refractivity contribution in [2.75, 3.05) is 19.0 Å². The van der Waals surface area contributed by atoms with Crippen LogP contribution in [0.1, 0.15) is 5.56 Å². The van der Waals surface area contributed by atoms with Crippen molar-refractivity contribution < 1.29 is 19.7 Å². The number of nitro benzene ring substituents is 1. The van der Waals surface area contributed by atoms with Gasteiger partial charge in [0.2, 0.25) is 0 Å². The maximum absolute atomic E-state index is 10.7. The molecule has 0 amide bonds. The number of ether oxygens (including phenoxy) is 1. The summed E-state index contributed by atoms with van der Waals surface area (Å²) in [5, 5.41) is 32.6. The van der Waals surface area contributed by atoms with Crippen LogP contribution >= 0.6 is 0 Å². The minimum atomic E-state index is -1.38. The molecule has 19 heavy (non-hydrogen) atoms. The second kappa shape index (κ2) is 6.61. The second-order valence-corrected chi connectivity index (χ2v) is 3.66. The topological polar surface area (TPSA) is 128 Å². The van der Waals surface area contributed by atoms with Gasteiger partial charge in [-0.05, 0) is 6.07 Å². The highest BCUT2D eigenvalue weighted by molar-refractivity contribution is 5.56. The largest absolute Gasteiger partial charge is 0.387 e. The predicted octanol–water partition coefficient (Wildman–Crippen LogP) is 0.748. The van der Waals surface area contributed by atoms with E-state index in [0.717, 1.165) is 0 Å². The zero-order chi connectivity index (χ0) is 14.4. The average molecular weight is 271 g/mol. The molecule has 0 fully saturated rings. The zero-order valence-corrected chi connectivity index (χ0v) is 10.1. The third kappa shape index (κ3) is 3.86. The number of hydrogen-bond donors (Lipinski definition) is 2. The molecule has 0 aliphatic rings. The van der Waals surface area contributed by atoms with Crippen molar-refractivity contribution in [2.24, 2.45) is 0 Å². The van der Waals surface area contributed by atoms with Gasteiger partial charge in [-0.3, -0.25) is 20.2 Å². The summed E-state index contributed by atoms with van der Waals surface area (Å²) in [5.74, 6) is 0. The average Bonchev–Trinajstić information content (AvgIpc) is 2.36. The summed E-state index contributed by atoms with van der Waals surface area (Å²) in [6.07, 6.45) is -1.38. The molecule has 0 bridgehead atoms. The molecule has 0 saturated heterocycles. The van der Waals surface area contributed by atoms with E-state index < -0.39 is 22.6 Å². The van der Waals surface area contributed by atoms with Gasteiger partial charge >= 0.3 is 6.17 Å². The number of nitrogens with one attached hydrogen (secondary N) is 1. The monoisotopic (exact) mass is 271 g/mol. The van der Waals surface area contributed by atoms with Crippen LogP contribution < -0.4 is 5.32 Å². The van der Waals surface area contributed by atoms with E-state index in [4.69, 9.17) is 9.84 Å². The molecule has 1 aromatic rings. The Bertz CT molecular complexity index is 478. The van der Waals surface area contributed by atoms with Gasteiger partial charge in [-0.25, -0.2) is 0 Å². The molecule has 0 aliphatic heterocycles. The molecule has 0 heterocycles. The van der Waals surface area contributed by atoms with Gasteiger partial charge in [0.05, 0.1) is 11.5 Å². The highest BCUT2D eigenvalue weighted by Crippen LogP contribution is 2.23. The number of hydrogen-bond acceptors (Lipinski definition) is 7. The Balaban J connectivity index is 3.05. The molecule has 1 rings (SSSR count). The van der Waals surface area contributed by atoms with E-state index in [1.807, 2.05) is 0 Å². The molecule has 0 spiro atoms. The van der Waals surface area contributed by atoms with Gasteiger partial charge in [0.15, 0.2) is 0 Å². The first kappa shape index (κ1) is 14.8. The molecular formula is C10H13N3O6. The maximum Gasteiger partial charge on any atom is 0.307 e. The van der Waals surface area contributed by atoms with E-state index >= 15 is 0 Å². The van der Waals surface area contributed by atoms with Gasteiger partial charge in [0.25, 0.3) is 5.69 Å². The van der Waals surface area contributed by atoms with Gasteiger partial charge in [-0.15, -0.1) is 0 Å². The van der Waals surface area contributed by atoms with Crippen molar-refractivity contribution in [1.29, 1.82) is 0 Å². The molecule has 0 aromatic heterocycles. The van der Waals surface area contributed by atoms with Crippen LogP contribution in [0, 0.1) is 20.2 Å². The van der Waals surface area contributed by atoms with Gasteiger partial charge in [-0.2, -0.15) is 0 Å². The Hall–Kier alpha value is -2.26. The lowest BCUT2D eigenvalue weighted by molar-refractivity contribution is -0.518. The van der Waals surface area contributed by atoms with E-state index in [1.54, 1.807) is 0 Å². The fourth-order valence-corrected chi connectivity index (χ4v) is 1.45. The lowest BCUT2D eigenvalue weighted by atomic mass is 10.1. The second-order valence-electron chi connectivity index (χ2n) is 3.66. The number of anilines is 1. The fraction of sp³-hybridized carbons (Fsp3) is 0.400. The lowest BCUT2D eigenvalue weighted by Gasteiger charge is -2.13. The van der Waals surface area contributed by atoms with Gasteiger partial charge in [0.1, 0.15) is 6.61 Å². The van der Waals surface area contributed by atoms with E-state index in [-0.39, 0.29) is 12.3 Å². The number of non-ortho nitro benzene ring substituents is 1. The third-order valence-corrected chi connectivity index (χ3v) is 2.35. The van der Waals surface area contributed by atoms with Crippen LogP contribution in [0.25, 0.3) is 0 Å². The van der Waals surface area contributed by atoms with Crippen LogP contribution in [-0.4, -0.2) is 34.8 Å². The number of nitro groups is 2. The molecule has 1 aromatic carbocycles. The summed E-state index contributed by atoms with van der Waals surface area (Å²) in [7, 11) is 1.40. The molecule has 0 saturated carbocycles. The van der Waals surface area contributed by atoms with Crippen molar-refractivity contribution in [2.45, 2.75) is 12.8 Å². The molecule has 2 N–H and O–H groups in total. The molecule has 1 unspecified atom stereocenters. The number of aliphatic hydroxyl groups excluding tert-OH is 1. The predicted molar refractivity (Wildman–Crippen MR) is 65.3 cm³/mol. The van der Waals surface area contributed by atoms with E-state index in [9.17, 15) is 20.2 Å². The Morgan fingerprint density at radius 2 is 2.11 bits per heavy atom. The summed E-state index contributed by atoms with van der Waals surface area (Å²) in [6.45, 7) is -0.643. The van der Waals surface area contributed by atoms with Gasteiger partial charge in [-0.1, -0.05) is 0 Å². The van der Waals surface area contributed by atoms with Crippen molar-refractivity contribution in [3.05, 3.63) is 44.0 Å². The summed E-state index contributed by atoms with van der Waals surface area (Å²) in [5.41, 5.74) is 0.569. The minimum Gasteiger partial charge on any atom is -0.387 e. The number of rotatable bonds is 7. The summed E-state index contributed by atoms with van der Waals surface area (Å²) < 4.78 is 4.88. The van der Waals surface area contributed by atoms with Crippen LogP contribution in [0.5, 0.6) is 0 Å². The van der Waals surface area contributed by atoms with Gasteiger partial charge in [0, 0.05) is 35.4 Å². The Kier molecular flexibility index (Phi) is 5.15. The fourth-order valence-electron chi connectivity index (χ4n) is 1.45. The Morgan fingerprint density at radius 3 is 2.58 bits per heavy atom. The molecule has 1 atom stereocenters. The van der Waals surface area contributed by atoms with Crippen LogP contribution in [0.3, 0.4) is 0 Å². The zero-order valence-electron chi connectivity index (χ0n) is 10.1. The highest BCUT2D eigenvalue weighted by atomic mass is 16.6.